The van der Waals surface area contributed by atoms with Gasteiger partial charge in [-0.25, -0.2) is 4.79 Å². The summed E-state index contributed by atoms with van der Waals surface area (Å²) in [6, 6.07) is 7.38. The van der Waals surface area contributed by atoms with Crippen LogP contribution in [-0.2, 0) is 6.54 Å². The number of benzene rings is 1. The molecule has 2 aromatic rings. The van der Waals surface area contributed by atoms with Crippen molar-refractivity contribution in [2.24, 2.45) is 0 Å². The van der Waals surface area contributed by atoms with Gasteiger partial charge in [0.1, 0.15) is 5.58 Å². The lowest BCUT2D eigenvalue weighted by Gasteiger charge is -2.10. The minimum absolute atomic E-state index is 0.0264. The fourth-order valence-electron chi connectivity index (χ4n) is 1.96. The number of carbonyl (C=O) groups is 1. The van der Waals surface area contributed by atoms with Crippen LogP contribution in [-0.4, -0.2) is 43.2 Å². The third-order valence-electron chi connectivity index (χ3n) is 2.93. The molecule has 0 aliphatic rings. The largest absolute Gasteiger partial charge is 0.475 e. The molecule has 19 heavy (non-hydrogen) atoms. The summed E-state index contributed by atoms with van der Waals surface area (Å²) in [5.74, 6) is -1.00. The van der Waals surface area contributed by atoms with Crippen LogP contribution < -0.4 is 5.32 Å². The highest BCUT2D eigenvalue weighted by Crippen LogP contribution is 2.25. The highest BCUT2D eigenvalue weighted by Gasteiger charge is 2.18. The maximum atomic E-state index is 11.2. The molecule has 0 amide bonds. The van der Waals surface area contributed by atoms with Gasteiger partial charge >= 0.3 is 5.97 Å². The second-order valence-electron chi connectivity index (χ2n) is 4.69. The number of nitrogens with zero attached hydrogens (tertiary/aromatic N) is 1. The van der Waals surface area contributed by atoms with E-state index in [2.05, 4.69) is 10.2 Å². The molecule has 5 heteroatoms. The van der Waals surface area contributed by atoms with E-state index in [0.29, 0.717) is 17.7 Å². The van der Waals surface area contributed by atoms with Gasteiger partial charge in [-0.3, -0.25) is 0 Å². The van der Waals surface area contributed by atoms with Crippen molar-refractivity contribution in [1.29, 1.82) is 0 Å². The average Bonchev–Trinajstić information content (AvgIpc) is 2.73. The Labute approximate surface area is 111 Å². The fraction of sp³-hybridized carbons (Fsp3) is 0.357. The monoisotopic (exact) mass is 262 g/mol. The van der Waals surface area contributed by atoms with E-state index >= 15 is 0 Å². The van der Waals surface area contributed by atoms with Crippen molar-refractivity contribution < 1.29 is 14.3 Å². The number of carboxylic acids is 1. The molecule has 0 saturated heterocycles. The molecule has 1 aromatic heterocycles. The minimum Gasteiger partial charge on any atom is -0.475 e. The Morgan fingerprint density at radius 2 is 2.11 bits per heavy atom. The van der Waals surface area contributed by atoms with Gasteiger partial charge in [-0.2, -0.15) is 0 Å². The number of nitrogens with one attached hydrogen (secondary N) is 1. The topological polar surface area (TPSA) is 65.7 Å². The molecule has 0 radical (unpaired) electrons. The van der Waals surface area contributed by atoms with Gasteiger partial charge in [-0.05, 0) is 20.2 Å². The summed E-state index contributed by atoms with van der Waals surface area (Å²) < 4.78 is 5.39. The van der Waals surface area contributed by atoms with Crippen LogP contribution in [0.1, 0.15) is 16.1 Å². The van der Waals surface area contributed by atoms with E-state index < -0.39 is 5.97 Å². The zero-order valence-electron chi connectivity index (χ0n) is 11.1. The smallest absolute Gasteiger partial charge is 0.372 e. The van der Waals surface area contributed by atoms with Gasteiger partial charge in [0.05, 0.1) is 0 Å². The first kappa shape index (κ1) is 13.6. The first-order valence-electron chi connectivity index (χ1n) is 6.18. The molecule has 0 fully saturated rings. The van der Waals surface area contributed by atoms with Gasteiger partial charge in [0.2, 0.25) is 5.76 Å². The maximum absolute atomic E-state index is 11.2. The Bertz CT molecular complexity index is 575. The summed E-state index contributed by atoms with van der Waals surface area (Å²) in [5, 5.41) is 13.3. The third kappa shape index (κ3) is 3.13. The lowest BCUT2D eigenvalue weighted by Crippen LogP contribution is -2.26. The molecule has 1 aromatic carbocycles. The normalized spacial score (nSPS) is 11.3. The first-order valence-corrected chi connectivity index (χ1v) is 6.18. The molecular formula is C14H18N2O3. The fourth-order valence-corrected chi connectivity index (χ4v) is 1.96. The molecule has 2 rings (SSSR count). The molecule has 0 spiro atoms. The summed E-state index contributed by atoms with van der Waals surface area (Å²) in [6.45, 7) is 2.19. The van der Waals surface area contributed by atoms with Crippen LogP contribution in [0.5, 0.6) is 0 Å². The predicted molar refractivity (Wildman–Crippen MR) is 73.4 cm³/mol. The summed E-state index contributed by atoms with van der Waals surface area (Å²) >= 11 is 0. The Kier molecular flexibility index (Phi) is 4.19. The lowest BCUT2D eigenvalue weighted by atomic mass is 10.1. The Morgan fingerprint density at radius 3 is 2.79 bits per heavy atom. The Hall–Kier alpha value is -1.85. The summed E-state index contributed by atoms with van der Waals surface area (Å²) in [6.07, 6.45) is 0. The van der Waals surface area contributed by atoms with E-state index in [4.69, 9.17) is 4.42 Å². The van der Waals surface area contributed by atoms with Crippen molar-refractivity contribution >= 4 is 16.9 Å². The third-order valence-corrected chi connectivity index (χ3v) is 2.93. The average molecular weight is 262 g/mol. The zero-order valence-corrected chi connectivity index (χ0v) is 11.1. The van der Waals surface area contributed by atoms with Crippen molar-refractivity contribution in [2.75, 3.05) is 27.2 Å². The number of hydrogen-bond donors (Lipinski definition) is 2. The van der Waals surface area contributed by atoms with Crippen LogP contribution in [0.15, 0.2) is 28.7 Å². The van der Waals surface area contributed by atoms with Crippen LogP contribution >= 0.6 is 0 Å². The molecule has 0 aliphatic heterocycles. The maximum Gasteiger partial charge on any atom is 0.372 e. The second kappa shape index (κ2) is 5.86. The van der Waals surface area contributed by atoms with Gasteiger partial charge in [-0.1, -0.05) is 18.2 Å². The molecular weight excluding hydrogens is 244 g/mol. The first-order chi connectivity index (χ1) is 9.09. The van der Waals surface area contributed by atoms with E-state index in [-0.39, 0.29) is 5.76 Å². The molecule has 0 saturated carbocycles. The lowest BCUT2D eigenvalue weighted by molar-refractivity contribution is 0.0663. The van der Waals surface area contributed by atoms with Crippen molar-refractivity contribution in [2.45, 2.75) is 6.54 Å². The van der Waals surface area contributed by atoms with Gasteiger partial charge < -0.3 is 19.7 Å². The zero-order chi connectivity index (χ0) is 13.8. The SMILES string of the molecule is CN(C)CCNCc1c(C(=O)O)oc2ccccc12. The highest BCUT2D eigenvalue weighted by molar-refractivity contribution is 5.95. The number of furan rings is 1. The van der Waals surface area contributed by atoms with Crippen LogP contribution in [0, 0.1) is 0 Å². The molecule has 2 N–H and O–H groups in total. The molecule has 0 atom stereocenters. The van der Waals surface area contributed by atoms with Crippen molar-refractivity contribution in [3.63, 3.8) is 0 Å². The van der Waals surface area contributed by atoms with Gasteiger partial charge in [-0.15, -0.1) is 0 Å². The van der Waals surface area contributed by atoms with Crippen molar-refractivity contribution in [3.8, 4) is 0 Å². The van der Waals surface area contributed by atoms with Gasteiger partial charge in [0, 0.05) is 30.6 Å². The summed E-state index contributed by atoms with van der Waals surface area (Å²) in [7, 11) is 4.00. The van der Waals surface area contributed by atoms with E-state index in [1.165, 1.54) is 0 Å². The van der Waals surface area contributed by atoms with Crippen molar-refractivity contribution in [1.82, 2.24) is 10.2 Å². The number of aromatic carboxylic acids is 1. The van der Waals surface area contributed by atoms with Crippen LogP contribution in [0.25, 0.3) is 11.0 Å². The van der Waals surface area contributed by atoms with E-state index in [1.807, 2.05) is 32.3 Å². The van der Waals surface area contributed by atoms with E-state index in [9.17, 15) is 9.90 Å². The molecule has 0 unspecified atom stereocenters. The predicted octanol–water partition coefficient (Wildman–Crippen LogP) is 1.78. The molecule has 102 valence electrons. The van der Waals surface area contributed by atoms with Crippen LogP contribution in [0.3, 0.4) is 0 Å². The quantitative estimate of drug-likeness (QED) is 0.777. The molecule has 0 aliphatic carbocycles. The van der Waals surface area contributed by atoms with Crippen molar-refractivity contribution in [3.05, 3.63) is 35.6 Å². The minimum atomic E-state index is -1.03. The molecule has 1 heterocycles. The highest BCUT2D eigenvalue weighted by atomic mass is 16.4. The van der Waals surface area contributed by atoms with E-state index in [1.54, 1.807) is 6.07 Å². The van der Waals surface area contributed by atoms with Crippen LogP contribution in [0.2, 0.25) is 0 Å². The van der Waals surface area contributed by atoms with Gasteiger partial charge in [0.15, 0.2) is 0 Å². The number of likely N-dealkylation sites (N-methyl/N-ethyl adjacent to an activating group) is 1. The van der Waals surface area contributed by atoms with Crippen LogP contribution in [0.4, 0.5) is 0 Å². The number of fused-ring (bicyclic) bond motifs is 1. The number of para-hydroxylation sites is 1. The van der Waals surface area contributed by atoms with Gasteiger partial charge in [0.25, 0.3) is 0 Å². The number of carboxylic acid groups (broad SMARTS) is 1. The Balaban J connectivity index is 2.19. The second-order valence-corrected chi connectivity index (χ2v) is 4.69. The number of hydrogen-bond acceptors (Lipinski definition) is 4. The molecule has 0 bridgehead atoms. The Morgan fingerprint density at radius 1 is 1.37 bits per heavy atom. The standard InChI is InChI=1S/C14H18N2O3/c1-16(2)8-7-15-9-11-10-5-3-4-6-12(10)19-13(11)14(17)18/h3-6,15H,7-9H2,1-2H3,(H,17,18). The summed E-state index contributed by atoms with van der Waals surface area (Å²) in [5.41, 5.74) is 1.33. The summed E-state index contributed by atoms with van der Waals surface area (Å²) in [4.78, 5) is 13.3. The van der Waals surface area contributed by atoms with E-state index in [0.717, 1.165) is 18.5 Å². The number of rotatable bonds is 6. The molecule has 5 nitrogen and oxygen atoms in total.